The van der Waals surface area contributed by atoms with Crippen molar-refractivity contribution in [2.75, 3.05) is 24.7 Å². The van der Waals surface area contributed by atoms with Crippen LogP contribution in [0.2, 0.25) is 0 Å². The van der Waals surface area contributed by atoms with E-state index in [1.807, 2.05) is 60.7 Å². The van der Waals surface area contributed by atoms with Crippen molar-refractivity contribution in [3.05, 3.63) is 84.2 Å². The van der Waals surface area contributed by atoms with Crippen LogP contribution in [0.15, 0.2) is 73.1 Å². The van der Waals surface area contributed by atoms with E-state index in [4.69, 9.17) is 9.47 Å². The Labute approximate surface area is 187 Å². The minimum Gasteiger partial charge on any atom is -0.493 e. The second-order valence-electron chi connectivity index (χ2n) is 7.39. The highest BCUT2D eigenvalue weighted by Gasteiger charge is 2.15. The van der Waals surface area contributed by atoms with Crippen molar-refractivity contribution in [1.82, 2.24) is 9.78 Å². The largest absolute Gasteiger partial charge is 0.493 e. The number of hydrogen-bond donors (Lipinski definition) is 1. The lowest BCUT2D eigenvalue weighted by Crippen LogP contribution is -2.18. The van der Waals surface area contributed by atoms with Gasteiger partial charge >= 0.3 is 0 Å². The summed E-state index contributed by atoms with van der Waals surface area (Å²) in [5.74, 6) is 1.24. The highest BCUT2D eigenvalue weighted by atomic mass is 32.2. The molecule has 1 heterocycles. The summed E-state index contributed by atoms with van der Waals surface area (Å²) in [4.78, 5) is 0. The zero-order valence-electron chi connectivity index (χ0n) is 18.0. The smallest absolute Gasteiger partial charge is 0.233 e. The van der Waals surface area contributed by atoms with Gasteiger partial charge in [-0.15, -0.1) is 0 Å². The Balaban J connectivity index is 1.44. The van der Waals surface area contributed by atoms with E-state index < -0.39 is 10.0 Å². The van der Waals surface area contributed by atoms with Gasteiger partial charge in [0, 0.05) is 11.8 Å². The third-order valence-electron chi connectivity index (χ3n) is 5.24. The Bertz CT molecular complexity index is 1330. The minimum absolute atomic E-state index is 0.0180. The summed E-state index contributed by atoms with van der Waals surface area (Å²) in [6, 6.07) is 19.5. The van der Waals surface area contributed by atoms with Crippen LogP contribution in [0.5, 0.6) is 11.5 Å². The van der Waals surface area contributed by atoms with E-state index in [2.05, 4.69) is 9.82 Å². The summed E-state index contributed by atoms with van der Waals surface area (Å²) < 4.78 is 40.4. The summed E-state index contributed by atoms with van der Waals surface area (Å²) >= 11 is 0. The van der Waals surface area contributed by atoms with Gasteiger partial charge in [0.1, 0.15) is 0 Å². The molecule has 3 aromatic carbocycles. The molecule has 1 aromatic heterocycles. The number of rotatable bonds is 9. The van der Waals surface area contributed by atoms with Crippen LogP contribution >= 0.6 is 0 Å². The lowest BCUT2D eigenvalue weighted by Gasteiger charge is -2.12. The maximum atomic E-state index is 12.7. The van der Waals surface area contributed by atoms with E-state index in [9.17, 15) is 8.42 Å². The van der Waals surface area contributed by atoms with Crippen molar-refractivity contribution in [2.24, 2.45) is 0 Å². The summed E-state index contributed by atoms with van der Waals surface area (Å²) in [6.45, 7) is 0.415. The molecule has 4 aromatic rings. The number of hydrogen-bond acceptors (Lipinski definition) is 5. The first-order valence-electron chi connectivity index (χ1n) is 10.2. The second-order valence-corrected chi connectivity index (χ2v) is 9.23. The SMILES string of the molecule is COc1cccc(Cn2cc(NS(=O)(=O)CCc3cccc4ccccc34)cn2)c1OC. The number of methoxy groups -OCH3 is 2. The van der Waals surface area contributed by atoms with Gasteiger partial charge < -0.3 is 9.47 Å². The van der Waals surface area contributed by atoms with Gasteiger partial charge in [-0.3, -0.25) is 9.40 Å². The topological polar surface area (TPSA) is 82.5 Å². The van der Waals surface area contributed by atoms with E-state index in [1.54, 1.807) is 25.1 Å². The fraction of sp³-hybridized carbons (Fsp3) is 0.208. The molecule has 0 aliphatic heterocycles. The number of nitrogens with one attached hydrogen (secondary N) is 1. The van der Waals surface area contributed by atoms with Crippen LogP contribution in [0.4, 0.5) is 5.69 Å². The molecule has 0 atom stereocenters. The van der Waals surface area contributed by atoms with Crippen molar-refractivity contribution in [2.45, 2.75) is 13.0 Å². The van der Waals surface area contributed by atoms with Crippen molar-refractivity contribution >= 4 is 26.5 Å². The summed E-state index contributed by atoms with van der Waals surface area (Å²) in [5, 5.41) is 6.45. The number of benzene rings is 3. The molecule has 0 saturated heterocycles. The van der Waals surface area contributed by atoms with Gasteiger partial charge in [0.15, 0.2) is 11.5 Å². The molecule has 1 N–H and O–H groups in total. The fourth-order valence-electron chi connectivity index (χ4n) is 3.74. The highest BCUT2D eigenvalue weighted by Crippen LogP contribution is 2.31. The molecule has 0 fully saturated rings. The van der Waals surface area contributed by atoms with Crippen LogP contribution < -0.4 is 14.2 Å². The Hall–Kier alpha value is -3.52. The van der Waals surface area contributed by atoms with Gasteiger partial charge in [-0.25, -0.2) is 8.42 Å². The van der Waals surface area contributed by atoms with Crippen molar-refractivity contribution < 1.29 is 17.9 Å². The third-order valence-corrected chi connectivity index (χ3v) is 6.53. The Morgan fingerprint density at radius 3 is 2.50 bits per heavy atom. The molecular formula is C24H25N3O4S. The second kappa shape index (κ2) is 9.32. The van der Waals surface area contributed by atoms with E-state index >= 15 is 0 Å². The van der Waals surface area contributed by atoms with Crippen molar-refractivity contribution in [3.63, 3.8) is 0 Å². The molecule has 166 valence electrons. The lowest BCUT2D eigenvalue weighted by atomic mass is 10.0. The average Bonchev–Trinajstić information content (AvgIpc) is 3.23. The number of sulfonamides is 1. The van der Waals surface area contributed by atoms with Gasteiger partial charge in [-0.05, 0) is 28.8 Å². The quantitative estimate of drug-likeness (QED) is 0.415. The number of aromatic nitrogens is 2. The van der Waals surface area contributed by atoms with E-state index in [1.165, 1.54) is 6.20 Å². The first-order chi connectivity index (χ1) is 15.5. The van der Waals surface area contributed by atoms with Crippen molar-refractivity contribution in [1.29, 1.82) is 0 Å². The summed E-state index contributed by atoms with van der Waals surface area (Å²) in [7, 11) is -0.365. The van der Waals surface area contributed by atoms with Crippen LogP contribution in [0.1, 0.15) is 11.1 Å². The Kier molecular flexibility index (Phi) is 6.32. The van der Waals surface area contributed by atoms with Crippen molar-refractivity contribution in [3.8, 4) is 11.5 Å². The number of nitrogens with zero attached hydrogens (tertiary/aromatic N) is 2. The molecular weight excluding hydrogens is 426 g/mol. The van der Waals surface area contributed by atoms with Crippen LogP contribution in [0.25, 0.3) is 10.8 Å². The number of aryl methyl sites for hydroxylation is 1. The molecule has 0 radical (unpaired) electrons. The minimum atomic E-state index is -3.53. The highest BCUT2D eigenvalue weighted by molar-refractivity contribution is 7.92. The van der Waals surface area contributed by atoms with Gasteiger partial charge in [-0.2, -0.15) is 5.10 Å². The lowest BCUT2D eigenvalue weighted by molar-refractivity contribution is 0.350. The number of para-hydroxylation sites is 1. The molecule has 32 heavy (non-hydrogen) atoms. The van der Waals surface area contributed by atoms with E-state index in [0.29, 0.717) is 30.2 Å². The fourth-order valence-corrected chi connectivity index (χ4v) is 4.80. The average molecular weight is 452 g/mol. The van der Waals surface area contributed by atoms with Gasteiger partial charge in [0.2, 0.25) is 10.0 Å². The molecule has 0 spiro atoms. The molecule has 7 nitrogen and oxygen atoms in total. The molecule has 0 saturated carbocycles. The molecule has 0 unspecified atom stereocenters. The Morgan fingerprint density at radius 1 is 0.938 bits per heavy atom. The van der Waals surface area contributed by atoms with Crippen LogP contribution in [-0.4, -0.2) is 38.2 Å². The van der Waals surface area contributed by atoms with Crippen LogP contribution in [-0.2, 0) is 23.0 Å². The first kappa shape index (κ1) is 21.7. The maximum absolute atomic E-state index is 12.7. The maximum Gasteiger partial charge on any atom is 0.233 e. The monoisotopic (exact) mass is 451 g/mol. The van der Waals surface area contributed by atoms with E-state index in [0.717, 1.165) is 21.9 Å². The predicted octanol–water partition coefficient (Wildman–Crippen LogP) is 4.09. The summed E-state index contributed by atoms with van der Waals surface area (Å²) in [6.07, 6.45) is 3.59. The van der Waals surface area contributed by atoms with E-state index in [-0.39, 0.29) is 5.75 Å². The molecule has 0 bridgehead atoms. The standard InChI is InChI=1S/C24H25N3O4S/c1-30-23-12-6-10-20(24(23)31-2)16-27-17-21(15-25-27)26-32(28,29)14-13-19-9-5-8-18-7-3-4-11-22(18)19/h3-12,15,17,26H,13-14,16H2,1-2H3. The molecule has 4 rings (SSSR count). The number of ether oxygens (including phenoxy) is 2. The molecule has 8 heteroatoms. The zero-order valence-corrected chi connectivity index (χ0v) is 18.8. The van der Waals surface area contributed by atoms with Crippen LogP contribution in [0.3, 0.4) is 0 Å². The normalized spacial score (nSPS) is 11.4. The molecule has 0 aliphatic rings. The first-order valence-corrected chi connectivity index (χ1v) is 11.8. The van der Waals surface area contributed by atoms with Gasteiger partial charge in [0.25, 0.3) is 0 Å². The van der Waals surface area contributed by atoms with Crippen LogP contribution in [0, 0.1) is 0 Å². The zero-order chi connectivity index (χ0) is 22.6. The molecule has 0 amide bonds. The third kappa shape index (κ3) is 4.86. The number of anilines is 1. The number of fused-ring (bicyclic) bond motifs is 1. The molecule has 0 aliphatic carbocycles. The Morgan fingerprint density at radius 2 is 1.69 bits per heavy atom. The predicted molar refractivity (Wildman–Crippen MR) is 126 cm³/mol. The van der Waals surface area contributed by atoms with Gasteiger partial charge in [0.05, 0.1) is 38.4 Å². The van der Waals surface area contributed by atoms with Gasteiger partial charge in [-0.1, -0.05) is 54.6 Å². The summed E-state index contributed by atoms with van der Waals surface area (Å²) in [5.41, 5.74) is 2.30.